The zero-order chi connectivity index (χ0) is 13.7. The number of rotatable bonds is 2. The van der Waals surface area contributed by atoms with Crippen LogP contribution in [0.4, 0.5) is 0 Å². The third-order valence-corrected chi connectivity index (χ3v) is 5.25. The maximum Gasteiger partial charge on any atom is 0.160 e. The van der Waals surface area contributed by atoms with E-state index in [2.05, 4.69) is 21.0 Å². The molecular formula is C15H16N4S. The van der Waals surface area contributed by atoms with E-state index in [1.165, 1.54) is 6.42 Å². The first kappa shape index (κ1) is 12.1. The molecule has 2 aromatic heterocycles. The molecule has 4 rings (SSSR count). The van der Waals surface area contributed by atoms with Crippen LogP contribution in [0.1, 0.15) is 24.3 Å². The number of thiazole rings is 1. The SMILES string of the molecule is Cn1c(-c2csc(C3(N)CCC3)n2)nc2ccccc21. The number of aromatic nitrogens is 3. The topological polar surface area (TPSA) is 56.7 Å². The van der Waals surface area contributed by atoms with E-state index in [1.807, 2.05) is 25.2 Å². The lowest BCUT2D eigenvalue weighted by Gasteiger charge is -2.35. The number of benzene rings is 1. The van der Waals surface area contributed by atoms with Gasteiger partial charge in [0.2, 0.25) is 0 Å². The van der Waals surface area contributed by atoms with Gasteiger partial charge in [-0.3, -0.25) is 0 Å². The molecule has 0 spiro atoms. The highest BCUT2D eigenvalue weighted by Gasteiger charge is 2.37. The van der Waals surface area contributed by atoms with Crippen molar-refractivity contribution in [1.82, 2.24) is 14.5 Å². The summed E-state index contributed by atoms with van der Waals surface area (Å²) in [6, 6.07) is 8.15. The van der Waals surface area contributed by atoms with Gasteiger partial charge in [-0.05, 0) is 31.4 Å². The van der Waals surface area contributed by atoms with E-state index in [9.17, 15) is 0 Å². The molecule has 0 aliphatic heterocycles. The zero-order valence-electron chi connectivity index (χ0n) is 11.3. The quantitative estimate of drug-likeness (QED) is 0.787. The van der Waals surface area contributed by atoms with Crippen LogP contribution in [0.3, 0.4) is 0 Å². The minimum absolute atomic E-state index is 0.187. The monoisotopic (exact) mass is 284 g/mol. The van der Waals surface area contributed by atoms with Crippen LogP contribution in [0.15, 0.2) is 29.6 Å². The van der Waals surface area contributed by atoms with Crippen molar-refractivity contribution in [2.45, 2.75) is 24.8 Å². The van der Waals surface area contributed by atoms with Gasteiger partial charge in [0.15, 0.2) is 5.82 Å². The highest BCUT2D eigenvalue weighted by molar-refractivity contribution is 7.10. The van der Waals surface area contributed by atoms with Crippen LogP contribution in [-0.4, -0.2) is 14.5 Å². The van der Waals surface area contributed by atoms with Crippen molar-refractivity contribution < 1.29 is 0 Å². The number of fused-ring (bicyclic) bond motifs is 1. The molecule has 4 nitrogen and oxygen atoms in total. The van der Waals surface area contributed by atoms with Crippen LogP contribution in [0.5, 0.6) is 0 Å². The second kappa shape index (κ2) is 4.14. The fourth-order valence-corrected chi connectivity index (χ4v) is 3.72. The van der Waals surface area contributed by atoms with E-state index < -0.39 is 0 Å². The van der Waals surface area contributed by atoms with E-state index in [4.69, 9.17) is 10.7 Å². The van der Waals surface area contributed by atoms with Crippen LogP contribution in [0, 0.1) is 0 Å². The Balaban J connectivity index is 1.81. The van der Waals surface area contributed by atoms with Crippen LogP contribution in [0.2, 0.25) is 0 Å². The lowest BCUT2D eigenvalue weighted by Crippen LogP contribution is -2.43. The van der Waals surface area contributed by atoms with Crippen LogP contribution in [-0.2, 0) is 12.6 Å². The molecule has 0 unspecified atom stereocenters. The van der Waals surface area contributed by atoms with E-state index in [-0.39, 0.29) is 5.54 Å². The number of imidazole rings is 1. The molecule has 0 atom stereocenters. The Kier molecular flexibility index (Phi) is 2.49. The van der Waals surface area contributed by atoms with Gasteiger partial charge in [0, 0.05) is 12.4 Å². The van der Waals surface area contributed by atoms with Gasteiger partial charge < -0.3 is 10.3 Å². The van der Waals surface area contributed by atoms with Crippen LogP contribution in [0.25, 0.3) is 22.6 Å². The van der Waals surface area contributed by atoms with Crippen molar-refractivity contribution in [3.63, 3.8) is 0 Å². The molecule has 2 heterocycles. The third-order valence-electron chi connectivity index (χ3n) is 4.19. The molecule has 20 heavy (non-hydrogen) atoms. The first-order chi connectivity index (χ1) is 9.67. The second-order valence-corrected chi connectivity index (χ2v) is 6.39. The summed E-state index contributed by atoms with van der Waals surface area (Å²) in [5.41, 5.74) is 9.23. The molecule has 1 aromatic carbocycles. The maximum absolute atomic E-state index is 6.35. The molecule has 0 radical (unpaired) electrons. The molecule has 2 N–H and O–H groups in total. The molecule has 0 bridgehead atoms. The van der Waals surface area contributed by atoms with Gasteiger partial charge in [-0.2, -0.15) is 0 Å². The molecule has 0 saturated heterocycles. The minimum Gasteiger partial charge on any atom is -0.326 e. The van der Waals surface area contributed by atoms with Gasteiger partial charge in [-0.1, -0.05) is 12.1 Å². The lowest BCUT2D eigenvalue weighted by molar-refractivity contribution is 0.253. The largest absolute Gasteiger partial charge is 0.326 e. The summed E-state index contributed by atoms with van der Waals surface area (Å²) in [5, 5.41) is 3.12. The number of nitrogens with two attached hydrogens (primary N) is 1. The lowest BCUT2D eigenvalue weighted by atomic mass is 9.78. The molecule has 1 saturated carbocycles. The van der Waals surface area contributed by atoms with E-state index >= 15 is 0 Å². The van der Waals surface area contributed by atoms with Gasteiger partial charge in [0.05, 0.1) is 16.6 Å². The van der Waals surface area contributed by atoms with E-state index in [0.29, 0.717) is 0 Å². The van der Waals surface area contributed by atoms with E-state index in [0.717, 1.165) is 40.4 Å². The van der Waals surface area contributed by atoms with Crippen LogP contribution >= 0.6 is 11.3 Å². The Hall–Kier alpha value is -1.72. The summed E-state index contributed by atoms with van der Waals surface area (Å²) in [4.78, 5) is 9.43. The average Bonchev–Trinajstić information content (AvgIpc) is 3.02. The Morgan fingerprint density at radius 1 is 1.25 bits per heavy atom. The van der Waals surface area contributed by atoms with Crippen molar-refractivity contribution >= 4 is 22.4 Å². The summed E-state index contributed by atoms with van der Waals surface area (Å²) in [6.07, 6.45) is 3.29. The summed E-state index contributed by atoms with van der Waals surface area (Å²) in [6.45, 7) is 0. The maximum atomic E-state index is 6.35. The summed E-state index contributed by atoms with van der Waals surface area (Å²) < 4.78 is 2.10. The van der Waals surface area contributed by atoms with Gasteiger partial charge >= 0.3 is 0 Å². The first-order valence-corrected chi connectivity index (χ1v) is 7.72. The number of hydrogen-bond acceptors (Lipinski definition) is 4. The van der Waals surface area contributed by atoms with Crippen molar-refractivity contribution in [2.24, 2.45) is 12.8 Å². The molecule has 1 aliphatic rings. The summed E-state index contributed by atoms with van der Waals surface area (Å²) in [7, 11) is 2.03. The van der Waals surface area contributed by atoms with Crippen molar-refractivity contribution in [3.05, 3.63) is 34.7 Å². The fourth-order valence-electron chi connectivity index (χ4n) is 2.75. The number of nitrogens with zero attached hydrogens (tertiary/aromatic N) is 3. The van der Waals surface area contributed by atoms with Gasteiger partial charge in [-0.15, -0.1) is 11.3 Å². The zero-order valence-corrected chi connectivity index (χ0v) is 12.2. The van der Waals surface area contributed by atoms with Crippen molar-refractivity contribution in [2.75, 3.05) is 0 Å². The Bertz CT molecular complexity index is 782. The smallest absolute Gasteiger partial charge is 0.160 e. The number of aryl methyl sites for hydroxylation is 1. The van der Waals surface area contributed by atoms with Gasteiger partial charge in [0.1, 0.15) is 10.7 Å². The molecule has 1 aliphatic carbocycles. The summed E-state index contributed by atoms with van der Waals surface area (Å²) in [5.74, 6) is 0.914. The molecule has 3 aromatic rings. The molecule has 5 heteroatoms. The Labute approximate surface area is 121 Å². The van der Waals surface area contributed by atoms with Gasteiger partial charge in [0.25, 0.3) is 0 Å². The average molecular weight is 284 g/mol. The minimum atomic E-state index is -0.187. The molecule has 102 valence electrons. The molecular weight excluding hydrogens is 268 g/mol. The highest BCUT2D eigenvalue weighted by Crippen LogP contribution is 2.41. The van der Waals surface area contributed by atoms with Crippen molar-refractivity contribution in [3.8, 4) is 11.5 Å². The second-order valence-electron chi connectivity index (χ2n) is 5.53. The normalized spacial score (nSPS) is 17.3. The predicted molar refractivity (Wildman–Crippen MR) is 81.5 cm³/mol. The third kappa shape index (κ3) is 1.63. The van der Waals surface area contributed by atoms with Gasteiger partial charge in [-0.25, -0.2) is 9.97 Å². The summed E-state index contributed by atoms with van der Waals surface area (Å²) >= 11 is 1.66. The number of para-hydroxylation sites is 2. The first-order valence-electron chi connectivity index (χ1n) is 6.84. The van der Waals surface area contributed by atoms with Crippen LogP contribution < -0.4 is 5.73 Å². The molecule has 1 fully saturated rings. The Morgan fingerprint density at radius 3 is 2.75 bits per heavy atom. The van der Waals surface area contributed by atoms with E-state index in [1.54, 1.807) is 11.3 Å². The highest BCUT2D eigenvalue weighted by atomic mass is 32.1. The van der Waals surface area contributed by atoms with Crippen molar-refractivity contribution in [1.29, 1.82) is 0 Å². The number of hydrogen-bond donors (Lipinski definition) is 1. The standard InChI is InChI=1S/C15H16N4S/c1-19-12-6-3-2-5-10(12)17-13(19)11-9-20-14(18-11)15(16)7-4-8-15/h2-3,5-6,9H,4,7-8,16H2,1H3. The Morgan fingerprint density at radius 2 is 2.05 bits per heavy atom. The fraction of sp³-hybridized carbons (Fsp3) is 0.333. The predicted octanol–water partition coefficient (Wildman–Crippen LogP) is 3.03. The molecule has 0 amide bonds.